The number of rotatable bonds is 10. The number of furan rings is 1. The van der Waals surface area contributed by atoms with Crippen LogP contribution >= 0.6 is 0 Å². The molecule has 1 heterocycles. The molecular weight excluding hydrogens is 240 g/mol. The highest BCUT2D eigenvalue weighted by atomic mass is 16.5. The predicted molar refractivity (Wildman–Crippen MR) is 78.3 cm³/mol. The Bertz CT molecular complexity index is 350. The molecule has 0 aliphatic rings. The van der Waals surface area contributed by atoms with Crippen LogP contribution in [0.4, 0.5) is 0 Å². The quantitative estimate of drug-likeness (QED) is 0.662. The number of hydrogen-bond acceptors (Lipinski definition) is 4. The lowest BCUT2D eigenvalue weighted by Crippen LogP contribution is -2.26. The Kier molecular flexibility index (Phi) is 7.79. The third-order valence-corrected chi connectivity index (χ3v) is 3.25. The fourth-order valence-corrected chi connectivity index (χ4v) is 2.03. The van der Waals surface area contributed by atoms with Crippen LogP contribution in [0.15, 0.2) is 10.5 Å². The maximum atomic E-state index is 5.84. The molecule has 0 amide bonds. The van der Waals surface area contributed by atoms with E-state index in [2.05, 4.69) is 30.1 Å². The van der Waals surface area contributed by atoms with Crippen molar-refractivity contribution in [3.63, 3.8) is 0 Å². The molecule has 0 bridgehead atoms. The van der Waals surface area contributed by atoms with E-state index in [0.717, 1.165) is 57.3 Å². The van der Waals surface area contributed by atoms with E-state index in [0.29, 0.717) is 0 Å². The molecule has 1 aromatic heterocycles. The lowest BCUT2D eigenvalue weighted by molar-refractivity contribution is 0.142. The van der Waals surface area contributed by atoms with Gasteiger partial charge < -0.3 is 14.5 Å². The van der Waals surface area contributed by atoms with Crippen LogP contribution in [-0.2, 0) is 17.8 Å². The van der Waals surface area contributed by atoms with Gasteiger partial charge in [0.2, 0.25) is 0 Å². The van der Waals surface area contributed by atoms with Crippen molar-refractivity contribution in [2.75, 3.05) is 33.4 Å². The van der Waals surface area contributed by atoms with Gasteiger partial charge in [0.05, 0.1) is 13.2 Å². The molecule has 1 rings (SSSR count). The summed E-state index contributed by atoms with van der Waals surface area (Å²) in [6.07, 6.45) is 1.16. The summed E-state index contributed by atoms with van der Waals surface area (Å²) in [5.41, 5.74) is 1.27. The van der Waals surface area contributed by atoms with E-state index in [1.807, 2.05) is 6.92 Å². The molecule has 0 aromatic carbocycles. The first-order chi connectivity index (χ1) is 9.21. The first-order valence-corrected chi connectivity index (χ1v) is 7.21. The van der Waals surface area contributed by atoms with Gasteiger partial charge in [-0.1, -0.05) is 13.8 Å². The van der Waals surface area contributed by atoms with Crippen LogP contribution in [0.1, 0.15) is 37.4 Å². The Labute approximate surface area is 117 Å². The molecule has 0 fully saturated rings. The van der Waals surface area contributed by atoms with Gasteiger partial charge >= 0.3 is 0 Å². The van der Waals surface area contributed by atoms with Crippen molar-refractivity contribution in [1.29, 1.82) is 0 Å². The highest BCUT2D eigenvalue weighted by molar-refractivity contribution is 5.20. The average Bonchev–Trinajstić information content (AvgIpc) is 2.75. The predicted octanol–water partition coefficient (Wildman–Crippen LogP) is 2.56. The molecule has 19 heavy (non-hydrogen) atoms. The second-order valence-corrected chi connectivity index (χ2v) is 4.83. The number of hydrogen-bond donors (Lipinski definition) is 1. The summed E-state index contributed by atoms with van der Waals surface area (Å²) in [5.74, 6) is 2.07. The molecule has 1 aromatic rings. The van der Waals surface area contributed by atoms with Crippen LogP contribution in [0, 0.1) is 6.92 Å². The third-order valence-electron chi connectivity index (χ3n) is 3.25. The van der Waals surface area contributed by atoms with E-state index in [4.69, 9.17) is 9.15 Å². The van der Waals surface area contributed by atoms with Crippen LogP contribution in [0.3, 0.4) is 0 Å². The number of nitrogens with zero attached hydrogens (tertiary/aromatic N) is 1. The van der Waals surface area contributed by atoms with Gasteiger partial charge in [-0.05, 0) is 32.5 Å². The zero-order valence-electron chi connectivity index (χ0n) is 12.8. The maximum absolute atomic E-state index is 5.84. The minimum Gasteiger partial charge on any atom is -0.465 e. The Balaban J connectivity index is 2.51. The molecule has 0 spiro atoms. The third kappa shape index (κ3) is 5.76. The summed E-state index contributed by atoms with van der Waals surface area (Å²) in [4.78, 5) is 2.32. The van der Waals surface area contributed by atoms with E-state index in [1.165, 1.54) is 5.56 Å². The van der Waals surface area contributed by atoms with Crippen LogP contribution in [0.2, 0.25) is 0 Å². The minimum atomic E-state index is 0.762. The van der Waals surface area contributed by atoms with Gasteiger partial charge in [0, 0.05) is 25.8 Å². The van der Waals surface area contributed by atoms with Gasteiger partial charge in [-0.2, -0.15) is 0 Å². The van der Waals surface area contributed by atoms with Crippen molar-refractivity contribution >= 4 is 0 Å². The lowest BCUT2D eigenvalue weighted by atomic mass is 10.2. The molecule has 0 radical (unpaired) electrons. The summed E-state index contributed by atoms with van der Waals surface area (Å²) in [6.45, 7) is 11.9. The van der Waals surface area contributed by atoms with E-state index in [1.54, 1.807) is 7.11 Å². The summed E-state index contributed by atoms with van der Waals surface area (Å²) in [5, 5.41) is 3.41. The van der Waals surface area contributed by atoms with Crippen LogP contribution in [0.25, 0.3) is 0 Å². The molecule has 4 heteroatoms. The molecule has 0 atom stereocenters. The normalized spacial score (nSPS) is 11.4. The Hall–Kier alpha value is -0.840. The lowest BCUT2D eigenvalue weighted by Gasteiger charge is -2.18. The van der Waals surface area contributed by atoms with Crippen molar-refractivity contribution in [1.82, 2.24) is 10.2 Å². The van der Waals surface area contributed by atoms with E-state index in [9.17, 15) is 0 Å². The molecule has 0 aliphatic carbocycles. The van der Waals surface area contributed by atoms with Crippen molar-refractivity contribution in [2.24, 2.45) is 0 Å². The van der Waals surface area contributed by atoms with Gasteiger partial charge in [-0.25, -0.2) is 0 Å². The number of ether oxygens (including phenoxy) is 1. The number of aryl methyl sites for hydroxylation is 1. The summed E-state index contributed by atoms with van der Waals surface area (Å²) in [7, 11) is 1.74. The number of methoxy groups -OCH3 is 1. The highest BCUT2D eigenvalue weighted by Crippen LogP contribution is 2.16. The van der Waals surface area contributed by atoms with Crippen LogP contribution in [0.5, 0.6) is 0 Å². The van der Waals surface area contributed by atoms with Crippen molar-refractivity contribution in [2.45, 2.75) is 40.3 Å². The summed E-state index contributed by atoms with van der Waals surface area (Å²) in [6, 6.07) is 2.17. The van der Waals surface area contributed by atoms with E-state index >= 15 is 0 Å². The standard InChI is InChI=1S/C15H28N2O2/c1-5-7-16-11-14-10-15(19-13(14)3)12-17(6-2)8-9-18-4/h10,16H,5-9,11-12H2,1-4H3. The molecule has 0 saturated heterocycles. The minimum absolute atomic E-state index is 0.762. The largest absolute Gasteiger partial charge is 0.465 e. The van der Waals surface area contributed by atoms with Crippen molar-refractivity contribution < 1.29 is 9.15 Å². The molecule has 0 saturated carbocycles. The summed E-state index contributed by atoms with van der Waals surface area (Å²) < 4.78 is 11.0. The van der Waals surface area contributed by atoms with Crippen molar-refractivity contribution in [3.05, 3.63) is 23.2 Å². The van der Waals surface area contributed by atoms with Gasteiger partial charge in [-0.15, -0.1) is 0 Å². The van der Waals surface area contributed by atoms with Crippen LogP contribution in [-0.4, -0.2) is 38.3 Å². The maximum Gasteiger partial charge on any atom is 0.118 e. The van der Waals surface area contributed by atoms with Gasteiger partial charge in [-0.3, -0.25) is 4.90 Å². The Morgan fingerprint density at radius 3 is 2.79 bits per heavy atom. The summed E-state index contributed by atoms with van der Waals surface area (Å²) >= 11 is 0. The fourth-order valence-electron chi connectivity index (χ4n) is 2.03. The van der Waals surface area contributed by atoms with Gasteiger partial charge in [0.1, 0.15) is 11.5 Å². The van der Waals surface area contributed by atoms with Gasteiger partial charge in [0.25, 0.3) is 0 Å². The molecular formula is C15H28N2O2. The first kappa shape index (κ1) is 16.2. The molecule has 110 valence electrons. The van der Waals surface area contributed by atoms with Crippen molar-refractivity contribution in [3.8, 4) is 0 Å². The van der Waals surface area contributed by atoms with Gasteiger partial charge in [0.15, 0.2) is 0 Å². The Morgan fingerprint density at radius 2 is 2.16 bits per heavy atom. The SMILES string of the molecule is CCCNCc1cc(CN(CC)CCOC)oc1C. The highest BCUT2D eigenvalue weighted by Gasteiger charge is 2.10. The molecule has 1 N–H and O–H groups in total. The smallest absolute Gasteiger partial charge is 0.118 e. The van der Waals surface area contributed by atoms with Crippen LogP contribution < -0.4 is 5.32 Å². The number of nitrogens with one attached hydrogen (secondary N) is 1. The monoisotopic (exact) mass is 268 g/mol. The molecule has 0 unspecified atom stereocenters. The molecule has 0 aliphatic heterocycles. The first-order valence-electron chi connectivity index (χ1n) is 7.21. The average molecular weight is 268 g/mol. The zero-order valence-corrected chi connectivity index (χ0v) is 12.8. The fraction of sp³-hybridized carbons (Fsp3) is 0.733. The zero-order chi connectivity index (χ0) is 14.1. The Morgan fingerprint density at radius 1 is 1.37 bits per heavy atom. The van der Waals surface area contributed by atoms with E-state index < -0.39 is 0 Å². The number of likely N-dealkylation sites (N-methyl/N-ethyl adjacent to an activating group) is 1. The van der Waals surface area contributed by atoms with E-state index in [-0.39, 0.29) is 0 Å². The topological polar surface area (TPSA) is 37.6 Å². The second-order valence-electron chi connectivity index (χ2n) is 4.83. The second kappa shape index (κ2) is 9.13. The molecule has 4 nitrogen and oxygen atoms in total.